The van der Waals surface area contributed by atoms with Gasteiger partial charge >= 0.3 is 0 Å². The number of amides is 1. The molecule has 1 atom stereocenters. The Balaban J connectivity index is 1.66. The third-order valence-corrected chi connectivity index (χ3v) is 5.04. The Labute approximate surface area is 150 Å². The molecule has 2 aliphatic rings. The first kappa shape index (κ1) is 18.0. The Morgan fingerprint density at radius 1 is 1.36 bits per heavy atom. The molecule has 1 unspecified atom stereocenters. The molecule has 2 aliphatic heterocycles. The molecule has 0 spiro atoms. The minimum Gasteiger partial charge on any atom is -0.495 e. The van der Waals surface area contributed by atoms with Crippen LogP contribution in [-0.4, -0.2) is 68.9 Å². The van der Waals surface area contributed by atoms with Crippen molar-refractivity contribution in [3.8, 4) is 5.75 Å². The largest absolute Gasteiger partial charge is 0.495 e. The maximum absolute atomic E-state index is 12.7. The Morgan fingerprint density at radius 2 is 2.16 bits per heavy atom. The summed E-state index contributed by atoms with van der Waals surface area (Å²) in [5.41, 5.74) is 0.927. The molecule has 6 nitrogen and oxygen atoms in total. The van der Waals surface area contributed by atoms with Crippen LogP contribution in [0, 0.1) is 0 Å². The fraction of sp³-hybridized carbons (Fsp3) is 0.632. The summed E-state index contributed by atoms with van der Waals surface area (Å²) in [6.07, 6.45) is 0.453. The standard InChI is InChI=1S/C19H29N3O3/c1-19(2)14-21(18(23)12-15-13-20-8-11-25-15)9-10-22(19)16-6-4-5-7-17(16)24-3/h4-7,15,20H,8-14H2,1-3H3. The van der Waals surface area contributed by atoms with E-state index in [0.717, 1.165) is 37.6 Å². The third kappa shape index (κ3) is 4.07. The van der Waals surface area contributed by atoms with E-state index in [0.29, 0.717) is 19.6 Å². The number of hydrogen-bond acceptors (Lipinski definition) is 5. The van der Waals surface area contributed by atoms with E-state index in [9.17, 15) is 4.79 Å². The number of nitrogens with zero attached hydrogens (tertiary/aromatic N) is 2. The zero-order valence-corrected chi connectivity index (χ0v) is 15.5. The van der Waals surface area contributed by atoms with Gasteiger partial charge < -0.3 is 24.6 Å². The van der Waals surface area contributed by atoms with Gasteiger partial charge in [0, 0.05) is 32.7 Å². The van der Waals surface area contributed by atoms with Crippen molar-refractivity contribution in [2.45, 2.75) is 31.9 Å². The van der Waals surface area contributed by atoms with Crippen LogP contribution >= 0.6 is 0 Å². The quantitative estimate of drug-likeness (QED) is 0.895. The fourth-order valence-corrected chi connectivity index (χ4v) is 3.74. The lowest BCUT2D eigenvalue weighted by atomic mass is 9.97. The molecule has 1 N–H and O–H groups in total. The van der Waals surface area contributed by atoms with Crippen molar-refractivity contribution in [3.05, 3.63) is 24.3 Å². The predicted octanol–water partition coefficient (Wildman–Crippen LogP) is 1.50. The number of rotatable bonds is 4. The number of benzene rings is 1. The summed E-state index contributed by atoms with van der Waals surface area (Å²) in [6, 6.07) is 8.07. The van der Waals surface area contributed by atoms with Gasteiger partial charge in [-0.1, -0.05) is 12.1 Å². The molecular weight excluding hydrogens is 318 g/mol. The maximum Gasteiger partial charge on any atom is 0.225 e. The Morgan fingerprint density at radius 3 is 2.84 bits per heavy atom. The zero-order chi connectivity index (χ0) is 17.9. The van der Waals surface area contributed by atoms with E-state index in [4.69, 9.17) is 9.47 Å². The monoisotopic (exact) mass is 347 g/mol. The minimum absolute atomic E-state index is 0.00314. The predicted molar refractivity (Wildman–Crippen MR) is 98.2 cm³/mol. The summed E-state index contributed by atoms with van der Waals surface area (Å²) < 4.78 is 11.2. The molecule has 0 aliphatic carbocycles. The molecule has 0 bridgehead atoms. The fourth-order valence-electron chi connectivity index (χ4n) is 3.74. The molecule has 2 fully saturated rings. The normalized spacial score (nSPS) is 23.4. The van der Waals surface area contributed by atoms with Crippen LogP contribution in [0.5, 0.6) is 5.75 Å². The smallest absolute Gasteiger partial charge is 0.225 e. The number of piperazine rings is 1. The van der Waals surface area contributed by atoms with E-state index in [1.807, 2.05) is 23.1 Å². The first-order chi connectivity index (χ1) is 12.0. The van der Waals surface area contributed by atoms with Gasteiger partial charge in [0.1, 0.15) is 5.75 Å². The summed E-state index contributed by atoms with van der Waals surface area (Å²) in [5.74, 6) is 1.05. The van der Waals surface area contributed by atoms with Crippen LogP contribution in [0.25, 0.3) is 0 Å². The number of hydrogen-bond donors (Lipinski definition) is 1. The maximum atomic E-state index is 12.7. The van der Waals surface area contributed by atoms with Gasteiger partial charge in [-0.25, -0.2) is 0 Å². The highest BCUT2D eigenvalue weighted by atomic mass is 16.5. The molecule has 25 heavy (non-hydrogen) atoms. The number of carbonyl (C=O) groups is 1. The average molecular weight is 347 g/mol. The van der Waals surface area contributed by atoms with Gasteiger partial charge in [0.15, 0.2) is 0 Å². The summed E-state index contributed by atoms with van der Waals surface area (Å²) in [7, 11) is 1.70. The van der Waals surface area contributed by atoms with Crippen LogP contribution in [0.4, 0.5) is 5.69 Å². The number of para-hydroxylation sites is 2. The molecule has 3 rings (SSSR count). The van der Waals surface area contributed by atoms with Crippen LogP contribution in [0.1, 0.15) is 20.3 Å². The lowest BCUT2D eigenvalue weighted by Gasteiger charge is -2.49. The van der Waals surface area contributed by atoms with Gasteiger partial charge in [-0.15, -0.1) is 0 Å². The van der Waals surface area contributed by atoms with Crippen molar-refractivity contribution < 1.29 is 14.3 Å². The average Bonchev–Trinajstić information content (AvgIpc) is 2.61. The molecule has 2 saturated heterocycles. The molecule has 1 amide bonds. The molecule has 2 heterocycles. The SMILES string of the molecule is COc1ccccc1N1CCN(C(=O)CC2CNCCO2)CC1(C)C. The molecular formula is C19H29N3O3. The second-order valence-electron chi connectivity index (χ2n) is 7.35. The van der Waals surface area contributed by atoms with Gasteiger partial charge in [-0.3, -0.25) is 4.79 Å². The lowest BCUT2D eigenvalue weighted by Crippen LogP contribution is -2.61. The molecule has 1 aromatic carbocycles. The second kappa shape index (κ2) is 7.62. The highest BCUT2D eigenvalue weighted by Crippen LogP contribution is 2.35. The number of anilines is 1. The van der Waals surface area contributed by atoms with Crippen molar-refractivity contribution in [1.29, 1.82) is 0 Å². The van der Waals surface area contributed by atoms with Gasteiger partial charge in [-0.2, -0.15) is 0 Å². The molecule has 1 aromatic rings. The first-order valence-corrected chi connectivity index (χ1v) is 9.02. The van der Waals surface area contributed by atoms with Crippen LogP contribution in [-0.2, 0) is 9.53 Å². The number of morpholine rings is 1. The highest BCUT2D eigenvalue weighted by Gasteiger charge is 2.37. The third-order valence-electron chi connectivity index (χ3n) is 5.04. The van der Waals surface area contributed by atoms with E-state index in [-0.39, 0.29) is 17.6 Å². The molecule has 0 aromatic heterocycles. The lowest BCUT2D eigenvalue weighted by molar-refractivity contribution is -0.136. The summed E-state index contributed by atoms with van der Waals surface area (Å²) in [4.78, 5) is 17.0. The molecule has 0 saturated carbocycles. The van der Waals surface area contributed by atoms with Crippen molar-refractivity contribution in [2.75, 3.05) is 51.3 Å². The summed E-state index contributed by atoms with van der Waals surface area (Å²) in [6.45, 7) is 8.89. The van der Waals surface area contributed by atoms with Crippen molar-refractivity contribution >= 4 is 11.6 Å². The van der Waals surface area contributed by atoms with Gasteiger partial charge in [0.2, 0.25) is 5.91 Å². The molecule has 138 valence electrons. The number of nitrogens with one attached hydrogen (secondary N) is 1. The van der Waals surface area contributed by atoms with Crippen molar-refractivity contribution in [3.63, 3.8) is 0 Å². The summed E-state index contributed by atoms with van der Waals surface area (Å²) in [5, 5.41) is 3.28. The molecule has 0 radical (unpaired) electrons. The van der Waals surface area contributed by atoms with Gasteiger partial charge in [0.25, 0.3) is 0 Å². The Bertz CT molecular complexity index is 599. The van der Waals surface area contributed by atoms with E-state index in [2.05, 4.69) is 30.1 Å². The number of ether oxygens (including phenoxy) is 2. The van der Waals surface area contributed by atoms with Crippen molar-refractivity contribution in [2.24, 2.45) is 0 Å². The van der Waals surface area contributed by atoms with E-state index in [1.54, 1.807) is 7.11 Å². The van der Waals surface area contributed by atoms with Gasteiger partial charge in [0.05, 0.1) is 37.5 Å². The highest BCUT2D eigenvalue weighted by molar-refractivity contribution is 5.77. The van der Waals surface area contributed by atoms with E-state index >= 15 is 0 Å². The Hall–Kier alpha value is -1.79. The summed E-state index contributed by atoms with van der Waals surface area (Å²) >= 11 is 0. The van der Waals surface area contributed by atoms with Crippen molar-refractivity contribution in [1.82, 2.24) is 10.2 Å². The minimum atomic E-state index is -0.159. The topological polar surface area (TPSA) is 54.0 Å². The second-order valence-corrected chi connectivity index (χ2v) is 7.35. The van der Waals surface area contributed by atoms with Gasteiger partial charge in [-0.05, 0) is 26.0 Å². The van der Waals surface area contributed by atoms with E-state index < -0.39 is 0 Å². The first-order valence-electron chi connectivity index (χ1n) is 9.02. The van der Waals surface area contributed by atoms with Crippen LogP contribution in [0.3, 0.4) is 0 Å². The van der Waals surface area contributed by atoms with Crippen LogP contribution < -0.4 is 15.0 Å². The Kier molecular flexibility index (Phi) is 5.49. The number of carbonyl (C=O) groups excluding carboxylic acids is 1. The van der Waals surface area contributed by atoms with E-state index in [1.165, 1.54) is 0 Å². The zero-order valence-electron chi connectivity index (χ0n) is 15.5. The number of methoxy groups -OCH3 is 1. The van der Waals surface area contributed by atoms with Crippen LogP contribution in [0.2, 0.25) is 0 Å². The van der Waals surface area contributed by atoms with Crippen LogP contribution in [0.15, 0.2) is 24.3 Å². The molecule has 6 heteroatoms.